The Morgan fingerprint density at radius 2 is 2.05 bits per heavy atom. The number of hydrogen-bond acceptors (Lipinski definition) is 2. The van der Waals surface area contributed by atoms with E-state index >= 15 is 0 Å². The predicted molar refractivity (Wildman–Crippen MR) is 79.2 cm³/mol. The molecule has 0 spiro atoms. The lowest BCUT2D eigenvalue weighted by Crippen LogP contribution is -2.22. The fourth-order valence-electron chi connectivity index (χ4n) is 2.74. The summed E-state index contributed by atoms with van der Waals surface area (Å²) in [6.07, 6.45) is 4.76. The first-order valence-electron chi connectivity index (χ1n) is 7.12. The monoisotopic (exact) mass is 298 g/mol. The van der Waals surface area contributed by atoms with Crippen LogP contribution in [0.3, 0.4) is 0 Å². The third-order valence-electron chi connectivity index (χ3n) is 3.86. The van der Waals surface area contributed by atoms with Gasteiger partial charge in [0.05, 0.1) is 5.25 Å². The van der Waals surface area contributed by atoms with Gasteiger partial charge in [0.2, 0.25) is 0 Å². The summed E-state index contributed by atoms with van der Waals surface area (Å²) in [4.78, 5) is 12.3. The smallest absolute Gasteiger partial charge is 0.175 e. The third kappa shape index (κ3) is 3.81. The number of benzene rings is 1. The molecule has 1 aliphatic carbocycles. The minimum atomic E-state index is -0.959. The highest BCUT2D eigenvalue weighted by molar-refractivity contribution is 8.01. The zero-order valence-corrected chi connectivity index (χ0v) is 12.7. The highest BCUT2D eigenvalue weighted by atomic mass is 32.2. The van der Waals surface area contributed by atoms with Gasteiger partial charge in [-0.25, -0.2) is 8.78 Å². The standard InChI is InChI=1S/C16H20F2OS/c1-10-4-3-5-13(8-10)20-11(2)16(19)12-6-7-14(17)15(18)9-12/h6-7,9-11,13H,3-5,8H2,1-2H3. The van der Waals surface area contributed by atoms with Crippen LogP contribution in [-0.4, -0.2) is 16.3 Å². The average Bonchev–Trinajstić information content (AvgIpc) is 2.41. The summed E-state index contributed by atoms with van der Waals surface area (Å²) in [6.45, 7) is 4.10. The highest BCUT2D eigenvalue weighted by Crippen LogP contribution is 2.34. The Balaban J connectivity index is 1.99. The van der Waals surface area contributed by atoms with Crippen molar-refractivity contribution in [2.75, 3.05) is 0 Å². The molecule has 3 unspecified atom stereocenters. The zero-order chi connectivity index (χ0) is 14.7. The molecule has 1 aliphatic rings. The van der Waals surface area contributed by atoms with E-state index in [4.69, 9.17) is 0 Å². The van der Waals surface area contributed by atoms with Gasteiger partial charge in [-0.1, -0.05) is 19.8 Å². The van der Waals surface area contributed by atoms with E-state index in [0.29, 0.717) is 11.2 Å². The molecule has 4 heteroatoms. The van der Waals surface area contributed by atoms with E-state index in [1.54, 1.807) is 11.8 Å². The van der Waals surface area contributed by atoms with Crippen molar-refractivity contribution in [3.8, 4) is 0 Å². The first-order chi connectivity index (χ1) is 9.47. The second-order valence-electron chi connectivity index (χ2n) is 5.67. The van der Waals surface area contributed by atoms with E-state index in [1.807, 2.05) is 6.92 Å². The van der Waals surface area contributed by atoms with Crippen LogP contribution in [0, 0.1) is 17.6 Å². The molecule has 20 heavy (non-hydrogen) atoms. The lowest BCUT2D eigenvalue weighted by atomic mass is 9.91. The SMILES string of the molecule is CC1CCCC(SC(C)C(=O)c2ccc(F)c(F)c2)C1. The number of carbonyl (C=O) groups is 1. The maximum atomic E-state index is 13.2. The lowest BCUT2D eigenvalue weighted by Gasteiger charge is -2.28. The summed E-state index contributed by atoms with van der Waals surface area (Å²) in [5, 5.41) is 0.290. The average molecular weight is 298 g/mol. The van der Waals surface area contributed by atoms with Crippen molar-refractivity contribution >= 4 is 17.5 Å². The van der Waals surface area contributed by atoms with Gasteiger partial charge in [-0.05, 0) is 43.9 Å². The molecule has 0 saturated heterocycles. The summed E-state index contributed by atoms with van der Waals surface area (Å²) in [6, 6.07) is 3.38. The molecule has 2 rings (SSSR count). The lowest BCUT2D eigenvalue weighted by molar-refractivity contribution is 0.0993. The first kappa shape index (κ1) is 15.5. The van der Waals surface area contributed by atoms with Crippen LogP contribution in [0.4, 0.5) is 8.78 Å². The zero-order valence-electron chi connectivity index (χ0n) is 11.9. The molecule has 1 fully saturated rings. The van der Waals surface area contributed by atoms with Crippen LogP contribution in [-0.2, 0) is 0 Å². The van der Waals surface area contributed by atoms with Crippen molar-refractivity contribution in [1.29, 1.82) is 0 Å². The van der Waals surface area contributed by atoms with E-state index < -0.39 is 11.6 Å². The Bertz CT molecular complexity index is 489. The topological polar surface area (TPSA) is 17.1 Å². The van der Waals surface area contributed by atoms with Gasteiger partial charge in [-0.3, -0.25) is 4.79 Å². The molecule has 1 aromatic carbocycles. The van der Waals surface area contributed by atoms with E-state index in [2.05, 4.69) is 6.92 Å². The molecule has 0 N–H and O–H groups in total. The van der Waals surface area contributed by atoms with Crippen molar-refractivity contribution in [3.63, 3.8) is 0 Å². The van der Waals surface area contributed by atoms with E-state index in [0.717, 1.165) is 25.0 Å². The third-order valence-corrected chi connectivity index (χ3v) is 5.29. The molecular formula is C16H20F2OS. The van der Waals surface area contributed by atoms with Crippen molar-refractivity contribution in [2.45, 2.75) is 50.0 Å². The molecule has 1 saturated carbocycles. The summed E-state index contributed by atoms with van der Waals surface area (Å²) in [5.74, 6) is -1.28. The molecule has 3 atom stereocenters. The molecule has 0 amide bonds. The maximum absolute atomic E-state index is 13.2. The predicted octanol–water partition coefficient (Wildman–Crippen LogP) is 4.85. The van der Waals surface area contributed by atoms with Crippen molar-refractivity contribution in [2.24, 2.45) is 5.92 Å². The van der Waals surface area contributed by atoms with Gasteiger partial charge in [0, 0.05) is 10.8 Å². The van der Waals surface area contributed by atoms with Gasteiger partial charge in [-0.2, -0.15) is 0 Å². The molecule has 1 nitrogen and oxygen atoms in total. The minimum absolute atomic E-state index is 0.118. The molecule has 1 aromatic rings. The molecule has 0 bridgehead atoms. The normalized spacial score (nSPS) is 24.4. The van der Waals surface area contributed by atoms with Crippen LogP contribution in [0.2, 0.25) is 0 Å². The van der Waals surface area contributed by atoms with Gasteiger partial charge in [0.1, 0.15) is 0 Å². The van der Waals surface area contributed by atoms with E-state index in [-0.39, 0.29) is 16.6 Å². The Morgan fingerprint density at radius 3 is 2.70 bits per heavy atom. The Hall–Kier alpha value is -0.900. The van der Waals surface area contributed by atoms with Crippen molar-refractivity contribution < 1.29 is 13.6 Å². The van der Waals surface area contributed by atoms with E-state index in [9.17, 15) is 13.6 Å². The van der Waals surface area contributed by atoms with Gasteiger partial charge >= 0.3 is 0 Å². The molecular weight excluding hydrogens is 278 g/mol. The van der Waals surface area contributed by atoms with Crippen molar-refractivity contribution in [1.82, 2.24) is 0 Å². The quantitative estimate of drug-likeness (QED) is 0.739. The van der Waals surface area contributed by atoms with Crippen LogP contribution in [0.15, 0.2) is 18.2 Å². The Kier molecular flexibility index (Phi) is 5.19. The molecule has 0 aliphatic heterocycles. The van der Waals surface area contributed by atoms with Crippen LogP contribution in [0.5, 0.6) is 0 Å². The molecule has 0 aromatic heterocycles. The number of ketones is 1. The second kappa shape index (κ2) is 6.70. The van der Waals surface area contributed by atoms with Crippen molar-refractivity contribution in [3.05, 3.63) is 35.4 Å². The number of thioether (sulfide) groups is 1. The van der Waals surface area contributed by atoms with Gasteiger partial charge < -0.3 is 0 Å². The van der Waals surface area contributed by atoms with Crippen LogP contribution >= 0.6 is 11.8 Å². The van der Waals surface area contributed by atoms with Crippen LogP contribution in [0.25, 0.3) is 0 Å². The van der Waals surface area contributed by atoms with Gasteiger partial charge in [0.15, 0.2) is 17.4 Å². The molecule has 0 heterocycles. The van der Waals surface area contributed by atoms with Crippen LogP contribution in [0.1, 0.15) is 49.9 Å². The first-order valence-corrected chi connectivity index (χ1v) is 8.06. The number of carbonyl (C=O) groups excluding carboxylic acids is 1. The number of hydrogen-bond donors (Lipinski definition) is 0. The maximum Gasteiger partial charge on any atom is 0.175 e. The largest absolute Gasteiger partial charge is 0.293 e. The Labute approximate surface area is 123 Å². The summed E-state index contributed by atoms with van der Waals surface area (Å²) in [5.41, 5.74) is 0.257. The van der Waals surface area contributed by atoms with Gasteiger partial charge in [0.25, 0.3) is 0 Å². The van der Waals surface area contributed by atoms with Crippen LogP contribution < -0.4 is 0 Å². The fraction of sp³-hybridized carbons (Fsp3) is 0.562. The summed E-state index contributed by atoms with van der Waals surface area (Å²) < 4.78 is 26.1. The van der Waals surface area contributed by atoms with E-state index in [1.165, 1.54) is 18.9 Å². The Morgan fingerprint density at radius 1 is 1.30 bits per heavy atom. The number of rotatable bonds is 4. The second-order valence-corrected chi connectivity index (χ2v) is 7.31. The molecule has 0 radical (unpaired) electrons. The number of Topliss-reactive ketones (excluding diaryl/α,β-unsaturated/α-hetero) is 1. The van der Waals surface area contributed by atoms with Gasteiger partial charge in [-0.15, -0.1) is 11.8 Å². The minimum Gasteiger partial charge on any atom is -0.293 e. The molecule has 110 valence electrons. The summed E-state index contributed by atoms with van der Waals surface area (Å²) >= 11 is 1.67. The summed E-state index contributed by atoms with van der Waals surface area (Å²) in [7, 11) is 0. The fourth-order valence-corrected chi connectivity index (χ4v) is 4.32. The number of halogens is 2. The highest BCUT2D eigenvalue weighted by Gasteiger charge is 2.25.